The summed E-state index contributed by atoms with van der Waals surface area (Å²) in [5.74, 6) is 0.995. The molecule has 0 unspecified atom stereocenters. The van der Waals surface area contributed by atoms with Crippen molar-refractivity contribution in [1.82, 2.24) is 0 Å². The first-order valence-corrected chi connectivity index (χ1v) is 10.7. The lowest BCUT2D eigenvalue weighted by Crippen LogP contribution is -2.25. The van der Waals surface area contributed by atoms with E-state index in [1.807, 2.05) is 12.1 Å². The number of sulfonamides is 1. The monoisotopic (exact) mass is 378 g/mol. The molecule has 0 heterocycles. The SMILES string of the molecule is Cc1ccccc1CSCC(=O)Nc1cccc(N(C)S(C)(=O)=O)c1. The maximum absolute atomic E-state index is 12.1. The van der Waals surface area contributed by atoms with E-state index < -0.39 is 10.0 Å². The second-order valence-electron chi connectivity index (χ2n) is 5.75. The summed E-state index contributed by atoms with van der Waals surface area (Å²) in [7, 11) is -1.85. The summed E-state index contributed by atoms with van der Waals surface area (Å²) in [6, 6.07) is 14.9. The van der Waals surface area contributed by atoms with Gasteiger partial charge in [0.2, 0.25) is 15.9 Å². The minimum absolute atomic E-state index is 0.113. The van der Waals surface area contributed by atoms with Crippen molar-refractivity contribution >= 4 is 39.1 Å². The zero-order valence-corrected chi connectivity index (χ0v) is 16.2. The van der Waals surface area contributed by atoms with E-state index in [0.29, 0.717) is 17.1 Å². The Morgan fingerprint density at radius 1 is 1.16 bits per heavy atom. The van der Waals surface area contributed by atoms with Gasteiger partial charge in [-0.3, -0.25) is 9.10 Å². The van der Waals surface area contributed by atoms with Gasteiger partial charge in [0.15, 0.2) is 0 Å². The number of thioether (sulfide) groups is 1. The molecule has 1 amide bonds. The smallest absolute Gasteiger partial charge is 0.234 e. The number of aryl methyl sites for hydroxylation is 1. The van der Waals surface area contributed by atoms with Gasteiger partial charge in [0.25, 0.3) is 0 Å². The number of hydrogen-bond acceptors (Lipinski definition) is 4. The molecule has 0 spiro atoms. The van der Waals surface area contributed by atoms with Crippen LogP contribution in [0.25, 0.3) is 0 Å². The number of carbonyl (C=O) groups is 1. The second-order valence-corrected chi connectivity index (χ2v) is 8.75. The summed E-state index contributed by atoms with van der Waals surface area (Å²) < 4.78 is 24.4. The number of nitrogens with one attached hydrogen (secondary N) is 1. The molecule has 2 aromatic carbocycles. The highest BCUT2D eigenvalue weighted by molar-refractivity contribution is 7.99. The van der Waals surface area contributed by atoms with Crippen molar-refractivity contribution in [3.05, 3.63) is 59.7 Å². The fourth-order valence-corrected chi connectivity index (χ4v) is 3.59. The zero-order valence-electron chi connectivity index (χ0n) is 14.5. The second kappa shape index (κ2) is 8.40. The van der Waals surface area contributed by atoms with Gasteiger partial charge in [-0.1, -0.05) is 30.3 Å². The Labute approximate surface area is 153 Å². The van der Waals surface area contributed by atoms with Crippen LogP contribution in [0, 0.1) is 6.92 Å². The Kier molecular flexibility index (Phi) is 6.50. The highest BCUT2D eigenvalue weighted by atomic mass is 32.2. The molecule has 5 nitrogen and oxygen atoms in total. The van der Waals surface area contributed by atoms with E-state index >= 15 is 0 Å². The van der Waals surface area contributed by atoms with Crippen molar-refractivity contribution in [2.24, 2.45) is 0 Å². The maximum Gasteiger partial charge on any atom is 0.234 e. The van der Waals surface area contributed by atoms with E-state index in [2.05, 4.69) is 24.4 Å². The van der Waals surface area contributed by atoms with E-state index in [1.54, 1.807) is 36.0 Å². The van der Waals surface area contributed by atoms with Gasteiger partial charge in [0, 0.05) is 18.5 Å². The highest BCUT2D eigenvalue weighted by Gasteiger charge is 2.12. The molecule has 0 aliphatic rings. The molecule has 0 aromatic heterocycles. The lowest BCUT2D eigenvalue weighted by molar-refractivity contribution is -0.113. The van der Waals surface area contributed by atoms with Crippen LogP contribution in [0.4, 0.5) is 11.4 Å². The molecular formula is C18H22N2O3S2. The molecule has 0 fully saturated rings. The van der Waals surface area contributed by atoms with Gasteiger partial charge in [-0.2, -0.15) is 0 Å². The lowest BCUT2D eigenvalue weighted by atomic mass is 10.1. The molecule has 0 aliphatic heterocycles. The number of rotatable bonds is 7. The Morgan fingerprint density at radius 2 is 1.88 bits per heavy atom. The van der Waals surface area contributed by atoms with Crippen LogP contribution in [0.15, 0.2) is 48.5 Å². The van der Waals surface area contributed by atoms with Crippen LogP contribution in [-0.2, 0) is 20.6 Å². The van der Waals surface area contributed by atoms with Gasteiger partial charge in [0.1, 0.15) is 0 Å². The van der Waals surface area contributed by atoms with Crippen molar-refractivity contribution in [3.8, 4) is 0 Å². The van der Waals surface area contributed by atoms with Crippen molar-refractivity contribution < 1.29 is 13.2 Å². The fourth-order valence-electron chi connectivity index (χ4n) is 2.19. The van der Waals surface area contributed by atoms with E-state index in [-0.39, 0.29) is 5.91 Å². The lowest BCUT2D eigenvalue weighted by Gasteiger charge is -2.17. The standard InChI is InChI=1S/C18H22N2O3S2/c1-14-7-4-5-8-15(14)12-24-13-18(21)19-16-9-6-10-17(11-16)20(2)25(3,22)23/h4-11H,12-13H2,1-3H3,(H,19,21). The summed E-state index contributed by atoms with van der Waals surface area (Å²) in [5.41, 5.74) is 3.52. The first-order chi connectivity index (χ1) is 11.8. The van der Waals surface area contributed by atoms with Crippen molar-refractivity contribution in [2.45, 2.75) is 12.7 Å². The molecule has 0 saturated carbocycles. The first kappa shape index (κ1) is 19.3. The van der Waals surface area contributed by atoms with Crippen LogP contribution in [-0.4, -0.2) is 33.4 Å². The largest absolute Gasteiger partial charge is 0.325 e. The van der Waals surface area contributed by atoms with Crippen LogP contribution in [0.3, 0.4) is 0 Å². The molecule has 0 atom stereocenters. The minimum Gasteiger partial charge on any atom is -0.325 e. The minimum atomic E-state index is -3.33. The summed E-state index contributed by atoms with van der Waals surface area (Å²) in [6.07, 6.45) is 1.14. The molecule has 7 heteroatoms. The van der Waals surface area contributed by atoms with Gasteiger partial charge in [-0.25, -0.2) is 8.42 Å². The third kappa shape index (κ3) is 5.79. The third-order valence-electron chi connectivity index (χ3n) is 3.74. The van der Waals surface area contributed by atoms with E-state index in [4.69, 9.17) is 0 Å². The molecular weight excluding hydrogens is 356 g/mol. The van der Waals surface area contributed by atoms with Gasteiger partial charge in [-0.05, 0) is 36.2 Å². The molecule has 0 bridgehead atoms. The number of benzene rings is 2. The Bertz CT molecular complexity index is 851. The molecule has 2 rings (SSSR count). The van der Waals surface area contributed by atoms with Crippen LogP contribution in [0.2, 0.25) is 0 Å². The zero-order chi connectivity index (χ0) is 18.4. The van der Waals surface area contributed by atoms with E-state index in [1.165, 1.54) is 22.5 Å². The number of carbonyl (C=O) groups excluding carboxylic acids is 1. The van der Waals surface area contributed by atoms with E-state index in [9.17, 15) is 13.2 Å². The maximum atomic E-state index is 12.1. The molecule has 25 heavy (non-hydrogen) atoms. The van der Waals surface area contributed by atoms with Crippen LogP contribution >= 0.6 is 11.8 Å². The molecule has 2 aromatic rings. The van der Waals surface area contributed by atoms with Gasteiger partial charge in [0.05, 0.1) is 17.7 Å². The predicted octanol–water partition coefficient (Wildman–Crippen LogP) is 3.26. The number of nitrogens with zero attached hydrogens (tertiary/aromatic N) is 1. The average molecular weight is 379 g/mol. The van der Waals surface area contributed by atoms with Crippen LogP contribution in [0.1, 0.15) is 11.1 Å². The number of amides is 1. The average Bonchev–Trinajstić information content (AvgIpc) is 2.55. The summed E-state index contributed by atoms with van der Waals surface area (Å²) in [5, 5.41) is 2.81. The Morgan fingerprint density at radius 3 is 2.56 bits per heavy atom. The highest BCUT2D eigenvalue weighted by Crippen LogP contribution is 2.21. The predicted molar refractivity (Wildman–Crippen MR) is 106 cm³/mol. The fraction of sp³-hybridized carbons (Fsp3) is 0.278. The number of anilines is 2. The number of hydrogen-bond donors (Lipinski definition) is 1. The van der Waals surface area contributed by atoms with Crippen LogP contribution < -0.4 is 9.62 Å². The van der Waals surface area contributed by atoms with Gasteiger partial charge < -0.3 is 5.32 Å². The normalized spacial score (nSPS) is 11.2. The summed E-state index contributed by atoms with van der Waals surface area (Å²) in [4.78, 5) is 12.1. The van der Waals surface area contributed by atoms with E-state index in [0.717, 1.165) is 12.0 Å². The molecule has 0 radical (unpaired) electrons. The molecule has 134 valence electrons. The van der Waals surface area contributed by atoms with Gasteiger partial charge in [-0.15, -0.1) is 11.8 Å². The molecule has 1 N–H and O–H groups in total. The first-order valence-electron chi connectivity index (χ1n) is 7.73. The Hall–Kier alpha value is -1.99. The topological polar surface area (TPSA) is 66.5 Å². The van der Waals surface area contributed by atoms with Crippen molar-refractivity contribution in [2.75, 3.05) is 28.7 Å². The van der Waals surface area contributed by atoms with Crippen molar-refractivity contribution in [1.29, 1.82) is 0 Å². The van der Waals surface area contributed by atoms with Crippen LogP contribution in [0.5, 0.6) is 0 Å². The quantitative estimate of drug-likeness (QED) is 0.803. The molecule has 0 saturated heterocycles. The summed E-state index contributed by atoms with van der Waals surface area (Å²) in [6.45, 7) is 2.06. The Balaban J connectivity index is 1.91. The van der Waals surface area contributed by atoms with Crippen molar-refractivity contribution in [3.63, 3.8) is 0 Å². The van der Waals surface area contributed by atoms with Gasteiger partial charge >= 0.3 is 0 Å². The summed E-state index contributed by atoms with van der Waals surface area (Å²) >= 11 is 1.54. The third-order valence-corrected chi connectivity index (χ3v) is 5.93. The molecule has 0 aliphatic carbocycles.